The lowest BCUT2D eigenvalue weighted by atomic mass is 9.97. The summed E-state index contributed by atoms with van der Waals surface area (Å²) in [6.45, 7) is 1.13. The zero-order valence-electron chi connectivity index (χ0n) is 20.6. The number of carbonyl (C=O) groups excluding carboxylic acids is 1. The van der Waals surface area contributed by atoms with Gasteiger partial charge in [0.2, 0.25) is 5.91 Å². The highest BCUT2D eigenvalue weighted by atomic mass is 35.5. The molecule has 1 fully saturated rings. The molecule has 3 aromatic carbocycles. The molecule has 0 N–H and O–H groups in total. The number of halogens is 2. The Labute approximate surface area is 234 Å². The zero-order valence-corrected chi connectivity index (χ0v) is 22.9. The van der Waals surface area contributed by atoms with Gasteiger partial charge in [0, 0.05) is 46.0 Å². The summed E-state index contributed by atoms with van der Waals surface area (Å²) in [6.07, 6.45) is 4.25. The molecular weight excluding hydrogens is 539 g/mol. The average molecular weight is 566 g/mol. The van der Waals surface area contributed by atoms with E-state index in [-0.39, 0.29) is 18.9 Å². The van der Waals surface area contributed by atoms with Gasteiger partial charge in [0.25, 0.3) is 0 Å². The number of amides is 1. The fourth-order valence-electron chi connectivity index (χ4n) is 4.73. The second-order valence-corrected chi connectivity index (χ2v) is 11.8. The molecule has 2 atom stereocenters. The molecule has 1 aliphatic rings. The third kappa shape index (κ3) is 5.63. The van der Waals surface area contributed by atoms with E-state index in [1.807, 2.05) is 71.6 Å². The van der Waals surface area contributed by atoms with Gasteiger partial charge < -0.3 is 9.64 Å². The summed E-state index contributed by atoms with van der Waals surface area (Å²) in [5.41, 5.74) is 2.54. The highest BCUT2D eigenvalue weighted by Crippen LogP contribution is 2.41. The number of hydrogen-bond donors (Lipinski definition) is 0. The first-order valence-electron chi connectivity index (χ1n) is 12.3. The van der Waals surface area contributed by atoms with Crippen LogP contribution in [-0.4, -0.2) is 33.1 Å². The van der Waals surface area contributed by atoms with Crippen LogP contribution in [0.15, 0.2) is 102 Å². The molecule has 38 heavy (non-hydrogen) atoms. The summed E-state index contributed by atoms with van der Waals surface area (Å²) in [4.78, 5) is 19.8. The molecule has 1 aliphatic heterocycles. The Bertz CT molecular complexity index is 1420. The van der Waals surface area contributed by atoms with Crippen molar-refractivity contribution in [1.82, 2.24) is 9.88 Å². The van der Waals surface area contributed by atoms with E-state index in [0.29, 0.717) is 35.3 Å². The number of aromatic nitrogens is 1. The number of pyridine rings is 1. The molecule has 0 bridgehead atoms. The van der Waals surface area contributed by atoms with Gasteiger partial charge >= 0.3 is 0 Å². The molecule has 0 spiro atoms. The summed E-state index contributed by atoms with van der Waals surface area (Å²) in [5.74, 6) is 0.661. The topological polar surface area (TPSA) is 59.5 Å². The van der Waals surface area contributed by atoms with E-state index >= 15 is 0 Å². The molecule has 0 saturated carbocycles. The summed E-state index contributed by atoms with van der Waals surface area (Å²) in [7, 11) is -1.38. The van der Waals surface area contributed by atoms with Gasteiger partial charge in [0.1, 0.15) is 12.4 Å². The predicted molar refractivity (Wildman–Crippen MR) is 151 cm³/mol. The van der Waals surface area contributed by atoms with Crippen molar-refractivity contribution in [3.8, 4) is 5.75 Å². The number of nitrogens with zero attached hydrogens (tertiary/aromatic N) is 2. The Hall–Kier alpha value is -3.19. The van der Waals surface area contributed by atoms with E-state index < -0.39 is 15.5 Å². The molecule has 2 unspecified atom stereocenters. The van der Waals surface area contributed by atoms with Crippen LogP contribution in [0.4, 0.5) is 0 Å². The lowest BCUT2D eigenvalue weighted by molar-refractivity contribution is -0.129. The monoisotopic (exact) mass is 564 g/mol. The van der Waals surface area contributed by atoms with Crippen LogP contribution in [0, 0.1) is 0 Å². The van der Waals surface area contributed by atoms with Gasteiger partial charge in [0.05, 0.1) is 22.0 Å². The Morgan fingerprint density at radius 2 is 1.61 bits per heavy atom. The van der Waals surface area contributed by atoms with E-state index in [1.54, 1.807) is 30.6 Å². The first-order chi connectivity index (χ1) is 18.5. The minimum absolute atomic E-state index is 0.0136. The number of likely N-dealkylation sites (tertiary alicyclic amines) is 1. The molecule has 194 valence electrons. The van der Waals surface area contributed by atoms with E-state index in [0.717, 1.165) is 21.6 Å². The summed E-state index contributed by atoms with van der Waals surface area (Å²) >= 11 is 12.6. The smallest absolute Gasteiger partial charge is 0.227 e. The fourth-order valence-corrected chi connectivity index (χ4v) is 6.99. The molecule has 2 heterocycles. The van der Waals surface area contributed by atoms with E-state index in [1.165, 1.54) is 0 Å². The number of carbonyl (C=O) groups is 1. The molecule has 4 aromatic rings. The van der Waals surface area contributed by atoms with Crippen LogP contribution in [0.25, 0.3) is 0 Å². The molecule has 1 saturated heterocycles. The summed E-state index contributed by atoms with van der Waals surface area (Å²) < 4.78 is 19.3. The SMILES string of the molecule is O=C(Cc1ccncc1)N1CCC(c2ccc(OCc3c(Cl)cccc3Cl)cc2)(S(=O)c2ccccc2)C1. The second kappa shape index (κ2) is 11.7. The molecular formula is C30H26Cl2N2O3S. The van der Waals surface area contributed by atoms with Crippen LogP contribution in [0.3, 0.4) is 0 Å². The molecule has 5 rings (SSSR count). The lowest BCUT2D eigenvalue weighted by Gasteiger charge is -2.29. The second-order valence-electron chi connectivity index (χ2n) is 9.19. The van der Waals surface area contributed by atoms with Gasteiger partial charge in [-0.05, 0) is 66.1 Å². The van der Waals surface area contributed by atoms with Crippen molar-refractivity contribution >= 4 is 39.9 Å². The van der Waals surface area contributed by atoms with Crippen LogP contribution in [-0.2, 0) is 33.4 Å². The Balaban J connectivity index is 1.39. The maximum atomic E-state index is 14.1. The van der Waals surface area contributed by atoms with Crippen LogP contribution in [0.1, 0.15) is 23.1 Å². The van der Waals surface area contributed by atoms with Crippen LogP contribution < -0.4 is 4.74 Å². The largest absolute Gasteiger partial charge is 0.489 e. The number of benzene rings is 3. The minimum atomic E-state index is -1.38. The Kier molecular flexibility index (Phi) is 8.12. The predicted octanol–water partition coefficient (Wildman–Crippen LogP) is 6.45. The van der Waals surface area contributed by atoms with Gasteiger partial charge in [-0.25, -0.2) is 0 Å². The molecule has 0 aliphatic carbocycles. The Morgan fingerprint density at radius 1 is 0.921 bits per heavy atom. The van der Waals surface area contributed by atoms with Crippen LogP contribution in [0.2, 0.25) is 10.0 Å². The highest BCUT2D eigenvalue weighted by Gasteiger charge is 2.46. The highest BCUT2D eigenvalue weighted by molar-refractivity contribution is 7.86. The van der Waals surface area contributed by atoms with Crippen molar-refractivity contribution in [3.05, 3.63) is 124 Å². The maximum absolute atomic E-state index is 14.1. The van der Waals surface area contributed by atoms with Crippen LogP contribution >= 0.6 is 23.2 Å². The fraction of sp³-hybridized carbons (Fsp3) is 0.200. The first-order valence-corrected chi connectivity index (χ1v) is 14.2. The van der Waals surface area contributed by atoms with E-state index in [2.05, 4.69) is 4.98 Å². The van der Waals surface area contributed by atoms with E-state index in [9.17, 15) is 9.00 Å². The van der Waals surface area contributed by atoms with Gasteiger partial charge in [-0.2, -0.15) is 0 Å². The minimum Gasteiger partial charge on any atom is -0.489 e. The van der Waals surface area contributed by atoms with Crippen LogP contribution in [0.5, 0.6) is 5.75 Å². The first kappa shape index (κ1) is 26.4. The molecule has 1 amide bonds. The Morgan fingerprint density at radius 3 is 2.29 bits per heavy atom. The third-order valence-corrected chi connectivity index (χ3v) is 9.51. The standard InChI is InChI=1S/C30H26Cl2N2O3S/c31-27-7-4-8-28(32)26(27)20-37-24-11-9-23(10-12-24)30(38(36)25-5-2-1-3-6-25)15-18-34(21-30)29(35)19-22-13-16-33-17-14-22/h1-14,16-17H,15,18-21H2. The quantitative estimate of drug-likeness (QED) is 0.247. The molecule has 5 nitrogen and oxygen atoms in total. The van der Waals surface area contributed by atoms with E-state index in [4.69, 9.17) is 27.9 Å². The van der Waals surface area contributed by atoms with Crippen molar-refractivity contribution in [2.24, 2.45) is 0 Å². The third-order valence-electron chi connectivity index (χ3n) is 6.83. The molecule has 1 aromatic heterocycles. The summed E-state index contributed by atoms with van der Waals surface area (Å²) in [5, 5.41) is 1.10. The number of rotatable bonds is 8. The lowest BCUT2D eigenvalue weighted by Crippen LogP contribution is -2.38. The van der Waals surface area contributed by atoms with Crippen molar-refractivity contribution in [1.29, 1.82) is 0 Å². The van der Waals surface area contributed by atoms with Gasteiger partial charge in [-0.3, -0.25) is 14.0 Å². The number of ether oxygens (including phenoxy) is 1. The van der Waals surface area contributed by atoms with Gasteiger partial charge in [-0.15, -0.1) is 0 Å². The van der Waals surface area contributed by atoms with Gasteiger partial charge in [-0.1, -0.05) is 59.6 Å². The van der Waals surface area contributed by atoms with Crippen molar-refractivity contribution in [2.75, 3.05) is 13.1 Å². The van der Waals surface area contributed by atoms with Crippen molar-refractivity contribution in [2.45, 2.75) is 29.1 Å². The maximum Gasteiger partial charge on any atom is 0.227 e. The number of hydrogen-bond acceptors (Lipinski definition) is 4. The summed E-state index contributed by atoms with van der Waals surface area (Å²) in [6, 6.07) is 26.1. The van der Waals surface area contributed by atoms with Crippen molar-refractivity contribution in [3.63, 3.8) is 0 Å². The average Bonchev–Trinajstić information content (AvgIpc) is 3.41. The molecule has 0 radical (unpaired) electrons. The zero-order chi connectivity index (χ0) is 26.5. The van der Waals surface area contributed by atoms with Gasteiger partial charge in [0.15, 0.2) is 0 Å². The molecule has 8 heteroatoms. The van der Waals surface area contributed by atoms with Crippen molar-refractivity contribution < 1.29 is 13.7 Å². The normalized spacial score (nSPS) is 17.8.